The molecule has 3 heterocycles. The Bertz CT molecular complexity index is 1060. The highest BCUT2D eigenvalue weighted by atomic mass is 35.5. The molecule has 0 spiro atoms. The van der Waals surface area contributed by atoms with Crippen LogP contribution in [0.2, 0.25) is 5.02 Å². The molecule has 0 radical (unpaired) electrons. The molecule has 0 aliphatic rings. The zero-order valence-corrected chi connectivity index (χ0v) is 13.5. The van der Waals surface area contributed by atoms with Gasteiger partial charge < -0.3 is 0 Å². The molecule has 4 aromatic rings. The average molecular weight is 339 g/mol. The van der Waals surface area contributed by atoms with Crippen LogP contribution in [0, 0.1) is 12.7 Å². The van der Waals surface area contributed by atoms with Gasteiger partial charge in [0.1, 0.15) is 12.1 Å². The predicted molar refractivity (Wildman–Crippen MR) is 91.4 cm³/mol. The number of hydrogen-bond acceptors (Lipinski definition) is 3. The fraction of sp³-hybridized carbons (Fsp3) is 0.0556. The number of benzene rings is 1. The number of nitrogens with zero attached hydrogens (tertiary/aromatic N) is 4. The van der Waals surface area contributed by atoms with Crippen molar-refractivity contribution in [3.05, 3.63) is 71.5 Å². The van der Waals surface area contributed by atoms with Gasteiger partial charge in [-0.25, -0.2) is 13.9 Å². The zero-order valence-electron chi connectivity index (χ0n) is 12.7. The van der Waals surface area contributed by atoms with Crippen molar-refractivity contribution in [2.45, 2.75) is 6.92 Å². The van der Waals surface area contributed by atoms with Crippen molar-refractivity contribution in [2.24, 2.45) is 0 Å². The van der Waals surface area contributed by atoms with E-state index in [0.29, 0.717) is 16.3 Å². The lowest BCUT2D eigenvalue weighted by Gasteiger charge is -2.13. The van der Waals surface area contributed by atoms with Crippen molar-refractivity contribution in [3.8, 4) is 22.4 Å². The van der Waals surface area contributed by atoms with Crippen LogP contribution in [0.5, 0.6) is 0 Å². The van der Waals surface area contributed by atoms with E-state index in [0.717, 1.165) is 22.5 Å². The lowest BCUT2D eigenvalue weighted by molar-refractivity contribution is 0.631. The molecule has 24 heavy (non-hydrogen) atoms. The minimum atomic E-state index is -0.362. The van der Waals surface area contributed by atoms with Crippen LogP contribution in [-0.2, 0) is 0 Å². The molecule has 0 amide bonds. The number of fused-ring (bicyclic) bond motifs is 1. The van der Waals surface area contributed by atoms with Crippen LogP contribution in [0.4, 0.5) is 4.39 Å². The second-order valence-corrected chi connectivity index (χ2v) is 5.82. The third kappa shape index (κ3) is 2.34. The van der Waals surface area contributed by atoms with Crippen LogP contribution in [0.25, 0.3) is 28.0 Å². The number of hydrogen-bond donors (Lipinski definition) is 0. The summed E-state index contributed by atoms with van der Waals surface area (Å²) in [4.78, 5) is 8.57. The Morgan fingerprint density at radius 2 is 1.88 bits per heavy atom. The molecule has 3 aromatic heterocycles. The molecule has 0 saturated heterocycles. The van der Waals surface area contributed by atoms with Gasteiger partial charge in [-0.1, -0.05) is 17.7 Å². The van der Waals surface area contributed by atoms with E-state index in [9.17, 15) is 4.39 Å². The lowest BCUT2D eigenvalue weighted by atomic mass is 9.98. The molecule has 1 aromatic carbocycles. The smallest absolute Gasteiger partial charge is 0.155 e. The van der Waals surface area contributed by atoms with Crippen LogP contribution in [0.1, 0.15) is 5.69 Å². The van der Waals surface area contributed by atoms with Crippen molar-refractivity contribution in [1.82, 2.24) is 19.6 Å². The standard InChI is InChI=1S/C18H12ClFN4/c1-11-13(5-7-17-22-10-23-24(11)17)14-3-2-8-21-18(14)15-9-12(19)4-6-16(15)20/h2-10H,1H3. The molecule has 0 aliphatic heterocycles. The van der Waals surface area contributed by atoms with Gasteiger partial charge in [-0.2, -0.15) is 5.10 Å². The molecule has 0 N–H and O–H groups in total. The number of aryl methyl sites for hydroxylation is 1. The van der Waals surface area contributed by atoms with Crippen molar-refractivity contribution in [3.63, 3.8) is 0 Å². The summed E-state index contributed by atoms with van der Waals surface area (Å²) < 4.78 is 16.1. The SMILES string of the molecule is Cc1c(-c2cccnc2-c2cc(Cl)ccc2F)ccc2ncnn12. The van der Waals surface area contributed by atoms with Crippen molar-refractivity contribution in [2.75, 3.05) is 0 Å². The van der Waals surface area contributed by atoms with Crippen LogP contribution >= 0.6 is 11.6 Å². The fourth-order valence-electron chi connectivity index (χ4n) is 2.82. The normalized spacial score (nSPS) is 11.1. The monoisotopic (exact) mass is 338 g/mol. The van der Waals surface area contributed by atoms with Gasteiger partial charge in [0.15, 0.2) is 5.65 Å². The summed E-state index contributed by atoms with van der Waals surface area (Å²) in [5.74, 6) is -0.362. The Labute approximate surface area is 142 Å². The third-order valence-electron chi connectivity index (χ3n) is 3.96. The van der Waals surface area contributed by atoms with Gasteiger partial charge in [0.2, 0.25) is 0 Å². The maximum absolute atomic E-state index is 14.3. The Morgan fingerprint density at radius 1 is 1.00 bits per heavy atom. The van der Waals surface area contributed by atoms with Crippen LogP contribution in [-0.4, -0.2) is 19.6 Å². The molecular formula is C18H12ClFN4. The van der Waals surface area contributed by atoms with Gasteiger partial charge in [-0.05, 0) is 43.3 Å². The van der Waals surface area contributed by atoms with Crippen molar-refractivity contribution in [1.29, 1.82) is 0 Å². The second kappa shape index (κ2) is 5.69. The summed E-state index contributed by atoms with van der Waals surface area (Å²) in [7, 11) is 0. The largest absolute Gasteiger partial charge is 0.255 e. The topological polar surface area (TPSA) is 43.1 Å². The fourth-order valence-corrected chi connectivity index (χ4v) is 2.99. The molecule has 6 heteroatoms. The van der Waals surface area contributed by atoms with Crippen molar-refractivity contribution >= 4 is 17.2 Å². The molecule has 0 unspecified atom stereocenters. The van der Waals surface area contributed by atoms with Gasteiger partial charge in [0.05, 0.1) is 5.69 Å². The van der Waals surface area contributed by atoms with E-state index < -0.39 is 0 Å². The minimum Gasteiger partial charge on any atom is -0.255 e. The van der Waals surface area contributed by atoms with E-state index >= 15 is 0 Å². The molecule has 4 nitrogen and oxygen atoms in total. The van der Waals surface area contributed by atoms with Gasteiger partial charge in [-0.3, -0.25) is 4.98 Å². The first-order valence-electron chi connectivity index (χ1n) is 7.35. The number of pyridine rings is 2. The van der Waals surface area contributed by atoms with E-state index in [1.54, 1.807) is 16.8 Å². The highest BCUT2D eigenvalue weighted by Crippen LogP contribution is 2.34. The molecular weight excluding hydrogens is 327 g/mol. The molecule has 0 aliphatic carbocycles. The highest BCUT2D eigenvalue weighted by molar-refractivity contribution is 6.30. The first-order valence-corrected chi connectivity index (χ1v) is 7.73. The lowest BCUT2D eigenvalue weighted by Crippen LogP contribution is -1.99. The van der Waals surface area contributed by atoms with E-state index in [1.165, 1.54) is 18.5 Å². The summed E-state index contributed by atoms with van der Waals surface area (Å²) in [6.07, 6.45) is 3.15. The Kier molecular flexibility index (Phi) is 3.50. The maximum atomic E-state index is 14.3. The quantitative estimate of drug-likeness (QED) is 0.538. The molecule has 0 atom stereocenters. The molecule has 0 saturated carbocycles. The Morgan fingerprint density at radius 3 is 2.75 bits per heavy atom. The van der Waals surface area contributed by atoms with Crippen molar-refractivity contribution < 1.29 is 4.39 Å². The summed E-state index contributed by atoms with van der Waals surface area (Å²) >= 11 is 6.04. The maximum Gasteiger partial charge on any atom is 0.155 e. The number of rotatable bonds is 2. The summed E-state index contributed by atoms with van der Waals surface area (Å²) in [5, 5.41) is 4.69. The average Bonchev–Trinajstić information content (AvgIpc) is 3.07. The van der Waals surface area contributed by atoms with Crippen LogP contribution in [0.15, 0.2) is 55.0 Å². The van der Waals surface area contributed by atoms with E-state index in [4.69, 9.17) is 11.6 Å². The highest BCUT2D eigenvalue weighted by Gasteiger charge is 2.16. The third-order valence-corrected chi connectivity index (χ3v) is 4.20. The number of halogens is 2. The Hall–Kier alpha value is -2.79. The second-order valence-electron chi connectivity index (χ2n) is 5.39. The molecule has 0 fully saturated rings. The summed E-state index contributed by atoms with van der Waals surface area (Å²) in [6, 6.07) is 12.0. The van der Waals surface area contributed by atoms with Crippen LogP contribution < -0.4 is 0 Å². The van der Waals surface area contributed by atoms with E-state index in [-0.39, 0.29) is 5.82 Å². The minimum absolute atomic E-state index is 0.362. The molecule has 0 bridgehead atoms. The van der Waals surface area contributed by atoms with Crippen LogP contribution in [0.3, 0.4) is 0 Å². The van der Waals surface area contributed by atoms with Gasteiger partial charge >= 0.3 is 0 Å². The summed E-state index contributed by atoms with van der Waals surface area (Å²) in [5.41, 5.74) is 4.30. The zero-order chi connectivity index (χ0) is 16.7. The predicted octanol–water partition coefficient (Wildman–Crippen LogP) is 4.56. The van der Waals surface area contributed by atoms with Gasteiger partial charge in [-0.15, -0.1) is 0 Å². The molecule has 118 valence electrons. The summed E-state index contributed by atoms with van der Waals surface area (Å²) in [6.45, 7) is 1.95. The van der Waals surface area contributed by atoms with Gasteiger partial charge in [0.25, 0.3) is 0 Å². The first-order chi connectivity index (χ1) is 11.6. The van der Waals surface area contributed by atoms with E-state index in [2.05, 4.69) is 15.1 Å². The Balaban J connectivity index is 1.99. The number of aromatic nitrogens is 4. The molecule has 4 rings (SSSR count). The van der Waals surface area contributed by atoms with Gasteiger partial charge in [0, 0.05) is 33.6 Å². The first kappa shape index (κ1) is 14.8. The van der Waals surface area contributed by atoms with E-state index in [1.807, 2.05) is 31.2 Å².